The van der Waals surface area contributed by atoms with Gasteiger partial charge in [0.05, 0.1) is 5.52 Å². The van der Waals surface area contributed by atoms with Gasteiger partial charge < -0.3 is 5.32 Å². The molecule has 2 aromatic rings. The van der Waals surface area contributed by atoms with E-state index in [0.29, 0.717) is 5.92 Å². The smallest absolute Gasteiger partial charge is 0.0732 e. The van der Waals surface area contributed by atoms with Crippen LogP contribution in [0.4, 0.5) is 0 Å². The first-order chi connectivity index (χ1) is 7.43. The second-order valence-electron chi connectivity index (χ2n) is 4.03. The average Bonchev–Trinajstić information content (AvgIpc) is 2.82. The van der Waals surface area contributed by atoms with Crippen molar-refractivity contribution in [1.29, 1.82) is 0 Å². The van der Waals surface area contributed by atoms with Gasteiger partial charge in [-0.1, -0.05) is 0 Å². The topological polar surface area (TPSA) is 37.8 Å². The summed E-state index contributed by atoms with van der Waals surface area (Å²) >= 11 is 0. The normalized spacial score (nSPS) is 20.9. The van der Waals surface area contributed by atoms with E-state index < -0.39 is 0 Å². The predicted octanol–water partition coefficient (Wildman–Crippen LogP) is 1.71. The van der Waals surface area contributed by atoms with Crippen molar-refractivity contribution in [3.05, 3.63) is 36.3 Å². The molecule has 1 atom stereocenters. The summed E-state index contributed by atoms with van der Waals surface area (Å²) in [6.07, 6.45) is 6.88. The zero-order valence-electron chi connectivity index (χ0n) is 8.48. The van der Waals surface area contributed by atoms with Crippen LogP contribution >= 0.6 is 0 Å². The lowest BCUT2D eigenvalue weighted by atomic mass is 9.99. The summed E-state index contributed by atoms with van der Waals surface area (Å²) in [5.41, 5.74) is 2.36. The van der Waals surface area contributed by atoms with E-state index in [1.54, 1.807) is 6.20 Å². The SMILES string of the molecule is c1cc2ncc(C3CCNC3)cc2cn1. The summed E-state index contributed by atoms with van der Waals surface area (Å²) in [5.74, 6) is 0.627. The Kier molecular flexibility index (Phi) is 2.10. The molecule has 3 nitrogen and oxygen atoms in total. The molecule has 1 aliphatic rings. The van der Waals surface area contributed by atoms with Crippen molar-refractivity contribution < 1.29 is 0 Å². The molecular weight excluding hydrogens is 186 g/mol. The van der Waals surface area contributed by atoms with Crippen LogP contribution in [0, 0.1) is 0 Å². The molecule has 0 radical (unpaired) electrons. The van der Waals surface area contributed by atoms with Crippen molar-refractivity contribution in [2.24, 2.45) is 0 Å². The summed E-state index contributed by atoms with van der Waals surface area (Å²) in [6.45, 7) is 2.20. The molecule has 3 heterocycles. The third-order valence-electron chi connectivity index (χ3n) is 3.03. The molecule has 1 aliphatic heterocycles. The molecule has 0 aliphatic carbocycles. The predicted molar refractivity (Wildman–Crippen MR) is 59.8 cm³/mol. The molecule has 1 unspecified atom stereocenters. The number of rotatable bonds is 1. The second-order valence-corrected chi connectivity index (χ2v) is 4.03. The molecule has 0 spiro atoms. The van der Waals surface area contributed by atoms with Crippen LogP contribution in [0.25, 0.3) is 10.9 Å². The summed E-state index contributed by atoms with van der Waals surface area (Å²) < 4.78 is 0. The van der Waals surface area contributed by atoms with E-state index in [2.05, 4.69) is 21.4 Å². The van der Waals surface area contributed by atoms with Gasteiger partial charge in [0.25, 0.3) is 0 Å². The van der Waals surface area contributed by atoms with Crippen molar-refractivity contribution >= 4 is 10.9 Å². The summed E-state index contributed by atoms with van der Waals surface area (Å²) in [5, 5.41) is 4.52. The highest BCUT2D eigenvalue weighted by atomic mass is 14.9. The summed E-state index contributed by atoms with van der Waals surface area (Å²) in [4.78, 5) is 8.58. The summed E-state index contributed by atoms with van der Waals surface area (Å²) in [7, 11) is 0. The second kappa shape index (κ2) is 3.59. The number of nitrogens with one attached hydrogen (secondary N) is 1. The standard InChI is InChI=1S/C12H13N3/c1-3-13-6-9(1)10-5-11-7-14-4-2-12(11)15-8-10/h2,4-5,7-9,13H,1,3,6H2. The van der Waals surface area contributed by atoms with E-state index in [4.69, 9.17) is 0 Å². The van der Waals surface area contributed by atoms with Crippen molar-refractivity contribution in [3.8, 4) is 0 Å². The van der Waals surface area contributed by atoms with Crippen LogP contribution in [-0.2, 0) is 0 Å². The highest BCUT2D eigenvalue weighted by Crippen LogP contribution is 2.23. The fourth-order valence-electron chi connectivity index (χ4n) is 2.15. The van der Waals surface area contributed by atoms with E-state index in [-0.39, 0.29) is 0 Å². The van der Waals surface area contributed by atoms with Crippen LogP contribution < -0.4 is 5.32 Å². The number of nitrogens with zero attached hydrogens (tertiary/aromatic N) is 2. The fraction of sp³-hybridized carbons (Fsp3) is 0.333. The molecular formula is C12H13N3. The number of aromatic nitrogens is 2. The van der Waals surface area contributed by atoms with Crippen molar-refractivity contribution in [2.45, 2.75) is 12.3 Å². The van der Waals surface area contributed by atoms with Crippen LogP contribution in [-0.4, -0.2) is 23.1 Å². The highest BCUT2D eigenvalue weighted by molar-refractivity contribution is 5.77. The maximum atomic E-state index is 4.46. The van der Waals surface area contributed by atoms with Gasteiger partial charge in [-0.05, 0) is 36.6 Å². The van der Waals surface area contributed by atoms with Crippen LogP contribution in [0.1, 0.15) is 17.9 Å². The first kappa shape index (κ1) is 8.80. The Morgan fingerprint density at radius 2 is 2.33 bits per heavy atom. The molecule has 0 saturated carbocycles. The molecule has 1 saturated heterocycles. The van der Waals surface area contributed by atoms with Gasteiger partial charge >= 0.3 is 0 Å². The number of hydrogen-bond acceptors (Lipinski definition) is 3. The van der Waals surface area contributed by atoms with E-state index in [1.807, 2.05) is 18.5 Å². The molecule has 3 heteroatoms. The van der Waals surface area contributed by atoms with Gasteiger partial charge in [0.1, 0.15) is 0 Å². The molecule has 3 rings (SSSR count). The Bertz CT molecular complexity index is 475. The van der Waals surface area contributed by atoms with Crippen molar-refractivity contribution in [2.75, 3.05) is 13.1 Å². The van der Waals surface area contributed by atoms with Gasteiger partial charge in [-0.15, -0.1) is 0 Å². The largest absolute Gasteiger partial charge is 0.316 e. The molecule has 2 aromatic heterocycles. The fourth-order valence-corrected chi connectivity index (χ4v) is 2.15. The van der Waals surface area contributed by atoms with Crippen LogP contribution in [0.5, 0.6) is 0 Å². The maximum Gasteiger partial charge on any atom is 0.0732 e. The van der Waals surface area contributed by atoms with E-state index in [1.165, 1.54) is 12.0 Å². The summed E-state index contributed by atoms with van der Waals surface area (Å²) in [6, 6.07) is 4.17. The monoisotopic (exact) mass is 199 g/mol. The molecule has 15 heavy (non-hydrogen) atoms. The van der Waals surface area contributed by atoms with Gasteiger partial charge in [0, 0.05) is 30.5 Å². The Hall–Kier alpha value is -1.48. The Balaban J connectivity index is 2.05. The van der Waals surface area contributed by atoms with Gasteiger partial charge in [-0.3, -0.25) is 9.97 Å². The molecule has 0 bridgehead atoms. The number of pyridine rings is 2. The first-order valence-electron chi connectivity index (χ1n) is 5.34. The zero-order chi connectivity index (χ0) is 10.1. The van der Waals surface area contributed by atoms with Crippen molar-refractivity contribution in [1.82, 2.24) is 15.3 Å². The lowest BCUT2D eigenvalue weighted by molar-refractivity contribution is 0.761. The van der Waals surface area contributed by atoms with E-state index >= 15 is 0 Å². The molecule has 76 valence electrons. The zero-order valence-corrected chi connectivity index (χ0v) is 8.48. The van der Waals surface area contributed by atoms with Gasteiger partial charge in [0.15, 0.2) is 0 Å². The van der Waals surface area contributed by atoms with Gasteiger partial charge in [-0.2, -0.15) is 0 Å². The Morgan fingerprint density at radius 1 is 1.33 bits per heavy atom. The third-order valence-corrected chi connectivity index (χ3v) is 3.03. The Morgan fingerprint density at radius 3 is 3.20 bits per heavy atom. The molecule has 1 N–H and O–H groups in total. The van der Waals surface area contributed by atoms with E-state index in [9.17, 15) is 0 Å². The highest BCUT2D eigenvalue weighted by Gasteiger charge is 2.16. The first-order valence-corrected chi connectivity index (χ1v) is 5.34. The number of hydrogen-bond donors (Lipinski definition) is 1. The minimum Gasteiger partial charge on any atom is -0.316 e. The van der Waals surface area contributed by atoms with Gasteiger partial charge in [0.2, 0.25) is 0 Å². The number of fused-ring (bicyclic) bond motifs is 1. The van der Waals surface area contributed by atoms with E-state index in [0.717, 1.165) is 24.0 Å². The minimum absolute atomic E-state index is 0.627. The molecule has 0 aromatic carbocycles. The molecule has 1 fully saturated rings. The maximum absolute atomic E-state index is 4.46. The van der Waals surface area contributed by atoms with Crippen LogP contribution in [0.15, 0.2) is 30.7 Å². The Labute approximate surface area is 88.6 Å². The molecule has 0 amide bonds. The van der Waals surface area contributed by atoms with Crippen molar-refractivity contribution in [3.63, 3.8) is 0 Å². The van der Waals surface area contributed by atoms with Gasteiger partial charge in [-0.25, -0.2) is 0 Å². The lowest BCUT2D eigenvalue weighted by Gasteiger charge is -2.08. The van der Waals surface area contributed by atoms with Crippen LogP contribution in [0.3, 0.4) is 0 Å². The third kappa shape index (κ3) is 1.59. The lowest BCUT2D eigenvalue weighted by Crippen LogP contribution is -2.08. The van der Waals surface area contributed by atoms with Crippen LogP contribution in [0.2, 0.25) is 0 Å². The minimum atomic E-state index is 0.627. The quantitative estimate of drug-likeness (QED) is 0.759. The average molecular weight is 199 g/mol.